The van der Waals surface area contributed by atoms with Crippen LogP contribution in [0.25, 0.3) is 10.9 Å². The largest absolute Gasteiger partial charge is 0.467 e. The molecule has 5 nitrogen and oxygen atoms in total. The van der Waals surface area contributed by atoms with E-state index in [1.54, 1.807) is 18.0 Å². The van der Waals surface area contributed by atoms with Gasteiger partial charge in [-0.3, -0.25) is 9.78 Å². The first kappa shape index (κ1) is 15.5. The van der Waals surface area contributed by atoms with Crippen LogP contribution in [0, 0.1) is 6.92 Å². The number of rotatable bonds is 4. The number of carbonyl (C=O) groups is 2. The molecule has 1 saturated carbocycles. The van der Waals surface area contributed by atoms with Gasteiger partial charge in [0.2, 0.25) is 0 Å². The predicted octanol–water partition coefficient (Wildman–Crippen LogP) is 2.71. The zero-order chi connectivity index (χ0) is 16.6. The first-order chi connectivity index (χ1) is 11.0. The van der Waals surface area contributed by atoms with E-state index in [0.717, 1.165) is 29.3 Å². The van der Waals surface area contributed by atoms with Crippen LogP contribution in [-0.4, -0.2) is 41.0 Å². The number of carbonyl (C=O) groups excluding carboxylic acids is 2. The number of ether oxygens (including phenoxy) is 1. The fraction of sp³-hybridized carbons (Fsp3) is 0.389. The summed E-state index contributed by atoms with van der Waals surface area (Å²) >= 11 is 0. The zero-order valence-corrected chi connectivity index (χ0v) is 13.6. The standard InChI is InChI=1S/C18H20N2O3/c1-11-14-6-4-5-7-16(14)19-10-15(11)17(21)20(13-8-9-13)12(2)18(22)23-3/h4-7,10,12-13H,8-9H2,1-3H3/t12-/m0/s1. The van der Waals surface area contributed by atoms with Crippen LogP contribution in [0.4, 0.5) is 0 Å². The van der Waals surface area contributed by atoms with Gasteiger partial charge in [-0.05, 0) is 38.3 Å². The van der Waals surface area contributed by atoms with Gasteiger partial charge in [0, 0.05) is 17.6 Å². The van der Waals surface area contributed by atoms with Gasteiger partial charge in [-0.2, -0.15) is 0 Å². The number of pyridine rings is 1. The molecule has 1 aromatic heterocycles. The summed E-state index contributed by atoms with van der Waals surface area (Å²) in [5, 5.41) is 0.958. The number of esters is 1. The third-order valence-electron chi connectivity index (χ3n) is 4.41. The number of fused-ring (bicyclic) bond motifs is 1. The Balaban J connectivity index is 2.00. The van der Waals surface area contributed by atoms with E-state index in [9.17, 15) is 9.59 Å². The van der Waals surface area contributed by atoms with Gasteiger partial charge in [0.25, 0.3) is 5.91 Å². The molecule has 0 saturated heterocycles. The minimum Gasteiger partial charge on any atom is -0.467 e. The van der Waals surface area contributed by atoms with Crippen molar-refractivity contribution in [3.63, 3.8) is 0 Å². The van der Waals surface area contributed by atoms with Gasteiger partial charge in [0.15, 0.2) is 0 Å². The Kier molecular flexibility index (Phi) is 4.03. The number of para-hydroxylation sites is 1. The van der Waals surface area contributed by atoms with Crippen LogP contribution < -0.4 is 0 Å². The fourth-order valence-electron chi connectivity index (χ4n) is 2.93. The van der Waals surface area contributed by atoms with Crippen molar-refractivity contribution in [2.24, 2.45) is 0 Å². The average Bonchev–Trinajstić information content (AvgIpc) is 3.39. The maximum atomic E-state index is 13.0. The van der Waals surface area contributed by atoms with E-state index >= 15 is 0 Å². The smallest absolute Gasteiger partial charge is 0.328 e. The van der Waals surface area contributed by atoms with E-state index in [1.807, 2.05) is 31.2 Å². The van der Waals surface area contributed by atoms with Gasteiger partial charge >= 0.3 is 5.97 Å². The zero-order valence-electron chi connectivity index (χ0n) is 13.6. The lowest BCUT2D eigenvalue weighted by Gasteiger charge is -2.28. The van der Waals surface area contributed by atoms with Crippen LogP contribution in [0.1, 0.15) is 35.7 Å². The quantitative estimate of drug-likeness (QED) is 0.815. The molecule has 2 aromatic rings. The van der Waals surface area contributed by atoms with Crippen LogP contribution in [0.2, 0.25) is 0 Å². The minimum atomic E-state index is -0.592. The Morgan fingerprint density at radius 3 is 2.65 bits per heavy atom. The highest BCUT2D eigenvalue weighted by molar-refractivity contribution is 6.01. The highest BCUT2D eigenvalue weighted by Crippen LogP contribution is 2.31. The molecule has 0 N–H and O–H groups in total. The van der Waals surface area contributed by atoms with Gasteiger partial charge in [-0.25, -0.2) is 4.79 Å². The molecule has 0 spiro atoms. The highest BCUT2D eigenvalue weighted by atomic mass is 16.5. The lowest BCUT2D eigenvalue weighted by molar-refractivity contribution is -0.145. The number of hydrogen-bond donors (Lipinski definition) is 0. The molecule has 120 valence electrons. The Labute approximate surface area is 135 Å². The van der Waals surface area contributed by atoms with Crippen molar-refractivity contribution < 1.29 is 14.3 Å². The van der Waals surface area contributed by atoms with Gasteiger partial charge in [0.1, 0.15) is 6.04 Å². The lowest BCUT2D eigenvalue weighted by Crippen LogP contribution is -2.45. The molecular weight excluding hydrogens is 292 g/mol. The van der Waals surface area contributed by atoms with Crippen molar-refractivity contribution in [1.82, 2.24) is 9.88 Å². The first-order valence-corrected chi connectivity index (χ1v) is 7.79. The fourth-order valence-corrected chi connectivity index (χ4v) is 2.93. The van der Waals surface area contributed by atoms with Crippen molar-refractivity contribution in [3.05, 3.63) is 41.6 Å². The predicted molar refractivity (Wildman–Crippen MR) is 87.1 cm³/mol. The van der Waals surface area contributed by atoms with Gasteiger partial charge < -0.3 is 9.64 Å². The number of aryl methyl sites for hydroxylation is 1. The first-order valence-electron chi connectivity index (χ1n) is 7.79. The van der Waals surface area contributed by atoms with Gasteiger partial charge in [-0.1, -0.05) is 18.2 Å². The van der Waals surface area contributed by atoms with Crippen molar-refractivity contribution in [1.29, 1.82) is 0 Å². The average molecular weight is 312 g/mol. The van der Waals surface area contributed by atoms with Gasteiger partial charge in [-0.15, -0.1) is 0 Å². The molecule has 0 aliphatic heterocycles. The van der Waals surface area contributed by atoms with Crippen molar-refractivity contribution >= 4 is 22.8 Å². The molecule has 3 rings (SSSR count). The van der Waals surface area contributed by atoms with Crippen LogP contribution in [-0.2, 0) is 9.53 Å². The Bertz CT molecular complexity index is 768. The molecule has 5 heteroatoms. The summed E-state index contributed by atoms with van der Waals surface area (Å²) in [6.45, 7) is 3.64. The van der Waals surface area contributed by atoms with E-state index in [1.165, 1.54) is 7.11 Å². The summed E-state index contributed by atoms with van der Waals surface area (Å²) in [5.41, 5.74) is 2.30. The number of amides is 1. The van der Waals surface area contributed by atoms with Crippen LogP contribution in [0.5, 0.6) is 0 Å². The summed E-state index contributed by atoms with van der Waals surface area (Å²) in [6, 6.07) is 7.26. The molecule has 1 aliphatic rings. The molecule has 0 bridgehead atoms. The maximum absolute atomic E-state index is 13.0. The normalized spacial score (nSPS) is 15.3. The molecule has 0 radical (unpaired) electrons. The van der Waals surface area contributed by atoms with Gasteiger partial charge in [0.05, 0.1) is 18.2 Å². The van der Waals surface area contributed by atoms with Crippen LogP contribution in [0.15, 0.2) is 30.5 Å². The molecule has 1 fully saturated rings. The van der Waals surface area contributed by atoms with E-state index < -0.39 is 12.0 Å². The second kappa shape index (κ2) is 5.99. The molecule has 1 aromatic carbocycles. The van der Waals surface area contributed by atoms with Crippen LogP contribution in [0.3, 0.4) is 0 Å². The number of methoxy groups -OCH3 is 1. The third-order valence-corrected chi connectivity index (χ3v) is 4.41. The Morgan fingerprint density at radius 2 is 2.00 bits per heavy atom. The monoisotopic (exact) mass is 312 g/mol. The molecule has 1 aliphatic carbocycles. The molecule has 1 atom stereocenters. The second-order valence-electron chi connectivity index (χ2n) is 5.96. The lowest BCUT2D eigenvalue weighted by atomic mass is 10.0. The summed E-state index contributed by atoms with van der Waals surface area (Å²) in [6.07, 6.45) is 3.46. The number of benzene rings is 1. The summed E-state index contributed by atoms with van der Waals surface area (Å²) < 4.78 is 4.81. The van der Waals surface area contributed by atoms with E-state index in [-0.39, 0.29) is 11.9 Å². The molecule has 1 heterocycles. The number of hydrogen-bond acceptors (Lipinski definition) is 4. The van der Waals surface area contributed by atoms with E-state index in [0.29, 0.717) is 5.56 Å². The molecule has 1 amide bonds. The third kappa shape index (κ3) is 2.79. The number of nitrogens with zero attached hydrogens (tertiary/aromatic N) is 2. The topological polar surface area (TPSA) is 59.5 Å². The van der Waals surface area contributed by atoms with Crippen molar-refractivity contribution in [3.8, 4) is 0 Å². The SMILES string of the molecule is COC(=O)[C@H](C)N(C(=O)c1cnc2ccccc2c1C)C1CC1. The Hall–Kier alpha value is -2.43. The molecular formula is C18H20N2O3. The summed E-state index contributed by atoms with van der Waals surface area (Å²) in [4.78, 5) is 30.9. The van der Waals surface area contributed by atoms with E-state index in [2.05, 4.69) is 4.98 Å². The second-order valence-corrected chi connectivity index (χ2v) is 5.96. The molecule has 0 unspecified atom stereocenters. The van der Waals surface area contributed by atoms with Crippen LogP contribution >= 0.6 is 0 Å². The van der Waals surface area contributed by atoms with E-state index in [4.69, 9.17) is 4.74 Å². The van der Waals surface area contributed by atoms with Crippen molar-refractivity contribution in [2.45, 2.75) is 38.8 Å². The van der Waals surface area contributed by atoms with Crippen molar-refractivity contribution in [2.75, 3.05) is 7.11 Å². The number of aromatic nitrogens is 1. The highest BCUT2D eigenvalue weighted by Gasteiger charge is 2.39. The summed E-state index contributed by atoms with van der Waals surface area (Å²) in [7, 11) is 1.34. The minimum absolute atomic E-state index is 0.113. The maximum Gasteiger partial charge on any atom is 0.328 e. The summed E-state index contributed by atoms with van der Waals surface area (Å²) in [5.74, 6) is -0.544. The Morgan fingerprint density at radius 1 is 1.30 bits per heavy atom. The molecule has 23 heavy (non-hydrogen) atoms.